The van der Waals surface area contributed by atoms with Gasteiger partial charge in [-0.15, -0.1) is 11.3 Å². The Morgan fingerprint density at radius 2 is 2.10 bits per heavy atom. The molecule has 1 aromatic heterocycles. The fourth-order valence-corrected chi connectivity index (χ4v) is 2.84. The van der Waals surface area contributed by atoms with Crippen molar-refractivity contribution in [3.05, 3.63) is 11.1 Å². The highest BCUT2D eigenvalue weighted by Gasteiger charge is 2.05. The molecule has 0 radical (unpaired) electrons. The number of carbonyl (C=O) groups is 1. The third-order valence-corrected chi connectivity index (χ3v) is 4.20. The van der Waals surface area contributed by atoms with E-state index >= 15 is 0 Å². The average molecular weight is 312 g/mol. The van der Waals surface area contributed by atoms with E-state index in [2.05, 4.69) is 28.9 Å². The van der Waals surface area contributed by atoms with E-state index in [1.54, 1.807) is 11.3 Å². The first-order valence-electron chi connectivity index (χ1n) is 7.87. The molecule has 0 atom stereocenters. The predicted octanol–water partition coefficient (Wildman–Crippen LogP) is 4.27. The van der Waals surface area contributed by atoms with E-state index < -0.39 is 0 Å². The van der Waals surface area contributed by atoms with Crippen LogP contribution in [0.4, 0.5) is 5.13 Å². The number of nitrogens with zero attached hydrogens (tertiary/aromatic N) is 1. The molecular weight excluding hydrogens is 284 g/mol. The number of anilines is 1. The maximum Gasteiger partial charge on any atom is 0.305 e. The van der Waals surface area contributed by atoms with Crippen LogP contribution in [0.1, 0.15) is 58.1 Å². The van der Waals surface area contributed by atoms with Gasteiger partial charge in [-0.2, -0.15) is 0 Å². The molecule has 0 saturated carbocycles. The van der Waals surface area contributed by atoms with Crippen LogP contribution in [0.25, 0.3) is 0 Å². The molecule has 1 heterocycles. The van der Waals surface area contributed by atoms with E-state index in [0.717, 1.165) is 23.3 Å². The normalized spacial score (nSPS) is 10.9. The summed E-state index contributed by atoms with van der Waals surface area (Å²) in [4.78, 5) is 15.5. The zero-order valence-corrected chi connectivity index (χ0v) is 14.3. The molecule has 0 aliphatic carbocycles. The minimum Gasteiger partial charge on any atom is -0.469 e. The first-order chi connectivity index (χ1) is 10.1. The largest absolute Gasteiger partial charge is 0.469 e. The van der Waals surface area contributed by atoms with Crippen LogP contribution in [0.5, 0.6) is 0 Å². The van der Waals surface area contributed by atoms with Crippen molar-refractivity contribution in [1.82, 2.24) is 4.98 Å². The van der Waals surface area contributed by atoms with Crippen molar-refractivity contribution in [2.45, 2.75) is 58.8 Å². The minimum atomic E-state index is -0.182. The number of aromatic nitrogens is 1. The second-order valence-electron chi connectivity index (χ2n) is 5.74. The third-order valence-electron chi connectivity index (χ3n) is 3.35. The highest BCUT2D eigenvalue weighted by atomic mass is 32.1. The molecule has 0 aliphatic heterocycles. The van der Waals surface area contributed by atoms with Gasteiger partial charge < -0.3 is 10.1 Å². The molecule has 5 heteroatoms. The highest BCUT2D eigenvalue weighted by Crippen LogP contribution is 2.17. The van der Waals surface area contributed by atoms with Crippen molar-refractivity contribution >= 4 is 22.4 Å². The van der Waals surface area contributed by atoms with Crippen molar-refractivity contribution in [2.24, 2.45) is 5.92 Å². The lowest BCUT2D eigenvalue weighted by atomic mass is 10.0. The van der Waals surface area contributed by atoms with Gasteiger partial charge in [0.05, 0.1) is 19.2 Å². The Labute approximate surface area is 132 Å². The van der Waals surface area contributed by atoms with Crippen molar-refractivity contribution in [3.8, 4) is 0 Å². The number of unbranched alkanes of at least 4 members (excludes halogenated alkanes) is 3. The molecule has 120 valence electrons. The van der Waals surface area contributed by atoms with Gasteiger partial charge in [0, 0.05) is 18.3 Å². The summed E-state index contributed by atoms with van der Waals surface area (Å²) in [5, 5.41) is 6.32. The number of hydrogen-bond acceptors (Lipinski definition) is 5. The Kier molecular flexibility index (Phi) is 9.06. The maximum atomic E-state index is 11.1. The summed E-state index contributed by atoms with van der Waals surface area (Å²) >= 11 is 1.61. The molecule has 21 heavy (non-hydrogen) atoms. The number of ether oxygens (including phenoxy) is 1. The molecule has 0 aromatic carbocycles. The van der Waals surface area contributed by atoms with E-state index in [-0.39, 0.29) is 5.97 Å². The number of hydrogen-bond donors (Lipinski definition) is 1. The van der Waals surface area contributed by atoms with Gasteiger partial charge in [-0.1, -0.05) is 39.5 Å². The SMILES string of the molecule is COC(=O)CCc1csc(NCCCCCCC(C)C)n1. The summed E-state index contributed by atoms with van der Waals surface area (Å²) in [5.41, 5.74) is 0.963. The molecule has 4 nitrogen and oxygen atoms in total. The number of thiazole rings is 1. The van der Waals surface area contributed by atoms with Crippen LogP contribution in [0.2, 0.25) is 0 Å². The van der Waals surface area contributed by atoms with Crippen LogP contribution in [-0.4, -0.2) is 24.6 Å². The first-order valence-corrected chi connectivity index (χ1v) is 8.75. The molecular formula is C16H28N2O2S. The van der Waals surface area contributed by atoms with Crippen LogP contribution >= 0.6 is 11.3 Å². The minimum absolute atomic E-state index is 0.182. The van der Waals surface area contributed by atoms with Crippen molar-refractivity contribution in [2.75, 3.05) is 19.0 Å². The summed E-state index contributed by atoms with van der Waals surface area (Å²) in [6, 6.07) is 0. The van der Waals surface area contributed by atoms with Gasteiger partial charge in [-0.25, -0.2) is 4.98 Å². The molecule has 0 fully saturated rings. The summed E-state index contributed by atoms with van der Waals surface area (Å²) in [6.45, 7) is 5.54. The van der Waals surface area contributed by atoms with E-state index in [1.165, 1.54) is 39.2 Å². The Balaban J connectivity index is 2.07. The van der Waals surface area contributed by atoms with Gasteiger partial charge in [-0.05, 0) is 12.3 Å². The standard InChI is InChI=1S/C16H28N2O2S/c1-13(2)8-6-4-5-7-11-17-16-18-14(12-21-16)9-10-15(19)20-3/h12-13H,4-11H2,1-3H3,(H,17,18). The molecule has 1 rings (SSSR count). The lowest BCUT2D eigenvalue weighted by Gasteiger charge is -2.05. The summed E-state index contributed by atoms with van der Waals surface area (Å²) < 4.78 is 4.63. The molecule has 1 aromatic rings. The number of nitrogens with one attached hydrogen (secondary N) is 1. The van der Waals surface area contributed by atoms with E-state index in [9.17, 15) is 4.79 Å². The van der Waals surface area contributed by atoms with Crippen molar-refractivity contribution in [1.29, 1.82) is 0 Å². The highest BCUT2D eigenvalue weighted by molar-refractivity contribution is 7.13. The number of carbonyl (C=O) groups excluding carboxylic acids is 1. The lowest BCUT2D eigenvalue weighted by molar-refractivity contribution is -0.140. The monoisotopic (exact) mass is 312 g/mol. The second-order valence-corrected chi connectivity index (χ2v) is 6.60. The van der Waals surface area contributed by atoms with E-state index in [0.29, 0.717) is 12.8 Å². The summed E-state index contributed by atoms with van der Waals surface area (Å²) in [7, 11) is 1.41. The van der Waals surface area contributed by atoms with Crippen LogP contribution in [-0.2, 0) is 16.0 Å². The molecule has 0 amide bonds. The zero-order valence-electron chi connectivity index (χ0n) is 13.5. The Morgan fingerprint density at radius 1 is 1.33 bits per heavy atom. The molecule has 1 N–H and O–H groups in total. The van der Waals surface area contributed by atoms with Gasteiger partial charge in [0.15, 0.2) is 5.13 Å². The predicted molar refractivity (Wildman–Crippen MR) is 88.9 cm³/mol. The number of aryl methyl sites for hydroxylation is 1. The van der Waals surface area contributed by atoms with Crippen molar-refractivity contribution < 1.29 is 9.53 Å². The van der Waals surface area contributed by atoms with Gasteiger partial charge in [0.1, 0.15) is 0 Å². The Bertz CT molecular complexity index is 405. The van der Waals surface area contributed by atoms with Crippen LogP contribution in [0.15, 0.2) is 5.38 Å². The summed E-state index contributed by atoms with van der Waals surface area (Å²) in [5.74, 6) is 0.640. The van der Waals surface area contributed by atoms with Crippen molar-refractivity contribution in [3.63, 3.8) is 0 Å². The van der Waals surface area contributed by atoms with Gasteiger partial charge >= 0.3 is 5.97 Å². The fourth-order valence-electron chi connectivity index (χ4n) is 2.06. The molecule has 0 unspecified atom stereocenters. The maximum absolute atomic E-state index is 11.1. The van der Waals surface area contributed by atoms with Crippen LogP contribution in [0, 0.1) is 5.92 Å². The first kappa shape index (κ1) is 18.0. The van der Waals surface area contributed by atoms with Crippen LogP contribution in [0.3, 0.4) is 0 Å². The van der Waals surface area contributed by atoms with E-state index in [1.807, 2.05) is 5.38 Å². The molecule has 0 spiro atoms. The quantitative estimate of drug-likeness (QED) is 0.490. The van der Waals surface area contributed by atoms with Gasteiger partial charge in [0.25, 0.3) is 0 Å². The fraction of sp³-hybridized carbons (Fsp3) is 0.750. The summed E-state index contributed by atoms with van der Waals surface area (Å²) in [6.07, 6.45) is 7.52. The molecule has 0 saturated heterocycles. The average Bonchev–Trinajstić information content (AvgIpc) is 2.91. The van der Waals surface area contributed by atoms with Gasteiger partial charge in [0.2, 0.25) is 0 Å². The smallest absolute Gasteiger partial charge is 0.305 e. The molecule has 0 bridgehead atoms. The lowest BCUT2D eigenvalue weighted by Crippen LogP contribution is -2.03. The topological polar surface area (TPSA) is 51.2 Å². The second kappa shape index (κ2) is 10.6. The van der Waals surface area contributed by atoms with E-state index in [4.69, 9.17) is 0 Å². The number of esters is 1. The molecule has 0 aliphatic rings. The Morgan fingerprint density at radius 3 is 2.81 bits per heavy atom. The number of rotatable bonds is 11. The third kappa shape index (κ3) is 8.71. The zero-order chi connectivity index (χ0) is 15.5. The Hall–Kier alpha value is -1.10. The van der Waals surface area contributed by atoms with Gasteiger partial charge in [-0.3, -0.25) is 4.79 Å². The number of methoxy groups -OCH3 is 1. The van der Waals surface area contributed by atoms with Crippen LogP contribution < -0.4 is 5.32 Å².